The Labute approximate surface area is 193 Å². The molecule has 2 fully saturated rings. The van der Waals surface area contributed by atoms with Crippen LogP contribution in [-0.2, 0) is 11.8 Å². The number of hydrogen-bond donors (Lipinski definition) is 2. The number of fused-ring (bicyclic) bond motifs is 3. The van der Waals surface area contributed by atoms with Gasteiger partial charge in [-0.1, -0.05) is 12.1 Å². The molecule has 1 saturated heterocycles. The summed E-state index contributed by atoms with van der Waals surface area (Å²) in [6.45, 7) is 3.52. The topological polar surface area (TPSA) is 78.8 Å². The third-order valence-corrected chi connectivity index (χ3v) is 7.53. The summed E-state index contributed by atoms with van der Waals surface area (Å²) >= 11 is 0. The SMILES string of the molecule is Cn1cc(-c2ccc3cnc4[nH]cc(C5CCC(C(=O)N6CCNCC6)CC5)c4c3c2)cn1. The van der Waals surface area contributed by atoms with Crippen molar-refractivity contribution in [2.24, 2.45) is 13.0 Å². The van der Waals surface area contributed by atoms with E-state index in [0.29, 0.717) is 11.8 Å². The van der Waals surface area contributed by atoms with Crippen LogP contribution < -0.4 is 5.32 Å². The summed E-state index contributed by atoms with van der Waals surface area (Å²) in [5.41, 5.74) is 4.58. The van der Waals surface area contributed by atoms with E-state index < -0.39 is 0 Å². The van der Waals surface area contributed by atoms with E-state index in [4.69, 9.17) is 4.98 Å². The molecule has 6 rings (SSSR count). The lowest BCUT2D eigenvalue weighted by molar-refractivity contribution is -0.137. The van der Waals surface area contributed by atoms with E-state index in [0.717, 1.165) is 68.5 Å². The highest BCUT2D eigenvalue weighted by Crippen LogP contribution is 2.41. The molecule has 4 aromatic rings. The zero-order valence-corrected chi connectivity index (χ0v) is 19.1. The summed E-state index contributed by atoms with van der Waals surface area (Å²) in [5.74, 6) is 0.999. The number of nitrogens with one attached hydrogen (secondary N) is 2. The molecule has 7 heteroatoms. The Balaban J connectivity index is 1.29. The van der Waals surface area contributed by atoms with Crippen LogP contribution >= 0.6 is 0 Å². The number of H-pyrrole nitrogens is 1. The zero-order chi connectivity index (χ0) is 22.4. The molecule has 1 aliphatic carbocycles. The molecular formula is C26H30N6O. The summed E-state index contributed by atoms with van der Waals surface area (Å²) in [5, 5.41) is 11.3. The van der Waals surface area contributed by atoms with Gasteiger partial charge in [0.1, 0.15) is 5.65 Å². The van der Waals surface area contributed by atoms with Crippen LogP contribution in [0.1, 0.15) is 37.2 Å². The molecule has 33 heavy (non-hydrogen) atoms. The molecule has 4 heterocycles. The lowest BCUT2D eigenvalue weighted by Gasteiger charge is -2.34. The first-order valence-electron chi connectivity index (χ1n) is 12.1. The number of hydrogen-bond acceptors (Lipinski definition) is 4. The Morgan fingerprint density at radius 3 is 2.64 bits per heavy atom. The molecule has 7 nitrogen and oxygen atoms in total. The predicted octanol–water partition coefficient (Wildman–Crippen LogP) is 3.82. The number of aromatic nitrogens is 4. The minimum atomic E-state index is 0.177. The molecule has 2 N–H and O–H groups in total. The number of carbonyl (C=O) groups is 1. The Bertz CT molecular complexity index is 1310. The van der Waals surface area contributed by atoms with Crippen molar-refractivity contribution in [3.8, 4) is 11.1 Å². The van der Waals surface area contributed by atoms with Crippen LogP contribution in [0.15, 0.2) is 43.0 Å². The maximum Gasteiger partial charge on any atom is 0.225 e. The van der Waals surface area contributed by atoms with E-state index in [1.165, 1.54) is 21.9 Å². The molecule has 3 aromatic heterocycles. The molecule has 1 aromatic carbocycles. The largest absolute Gasteiger partial charge is 0.346 e. The minimum absolute atomic E-state index is 0.177. The quantitative estimate of drug-likeness (QED) is 0.506. The fraction of sp³-hybridized carbons (Fsp3) is 0.423. The molecule has 0 radical (unpaired) electrons. The van der Waals surface area contributed by atoms with Crippen molar-refractivity contribution in [2.75, 3.05) is 26.2 Å². The summed E-state index contributed by atoms with van der Waals surface area (Å²) < 4.78 is 1.84. The van der Waals surface area contributed by atoms with Gasteiger partial charge in [0.15, 0.2) is 0 Å². The van der Waals surface area contributed by atoms with E-state index in [1.807, 2.05) is 30.3 Å². The molecule has 1 saturated carbocycles. The first-order chi connectivity index (χ1) is 16.2. The Hall–Kier alpha value is -3.19. The maximum absolute atomic E-state index is 13.0. The molecule has 1 aliphatic heterocycles. The number of pyridine rings is 1. The number of rotatable bonds is 3. The fourth-order valence-corrected chi connectivity index (χ4v) is 5.70. The highest BCUT2D eigenvalue weighted by atomic mass is 16.2. The number of carbonyl (C=O) groups excluding carboxylic acids is 1. The normalized spacial score (nSPS) is 21.7. The summed E-state index contributed by atoms with van der Waals surface area (Å²) in [6.07, 6.45) is 12.1. The zero-order valence-electron chi connectivity index (χ0n) is 19.1. The summed E-state index contributed by atoms with van der Waals surface area (Å²) in [4.78, 5) is 23.2. The number of amides is 1. The van der Waals surface area contributed by atoms with Gasteiger partial charge in [0.25, 0.3) is 0 Å². The van der Waals surface area contributed by atoms with E-state index in [2.05, 4.69) is 44.7 Å². The predicted molar refractivity (Wildman–Crippen MR) is 130 cm³/mol. The van der Waals surface area contributed by atoms with Crippen molar-refractivity contribution in [2.45, 2.75) is 31.6 Å². The first-order valence-corrected chi connectivity index (χ1v) is 12.1. The lowest BCUT2D eigenvalue weighted by Crippen LogP contribution is -2.48. The molecule has 2 aliphatic rings. The van der Waals surface area contributed by atoms with Gasteiger partial charge >= 0.3 is 0 Å². The maximum atomic E-state index is 13.0. The van der Waals surface area contributed by atoms with Gasteiger partial charge in [0, 0.05) is 74.1 Å². The highest BCUT2D eigenvalue weighted by molar-refractivity contribution is 6.08. The second kappa shape index (κ2) is 8.30. The van der Waals surface area contributed by atoms with Crippen molar-refractivity contribution in [3.63, 3.8) is 0 Å². The Morgan fingerprint density at radius 1 is 1.06 bits per heavy atom. The standard InChI is InChI=1S/C26H30N6O/c1-31-16-21(14-30-31)19-6-7-20-13-28-25-24(22(20)12-19)23(15-29-25)17-2-4-18(5-3-17)26(33)32-10-8-27-9-11-32/h6-7,12-18,27H,2-5,8-11H2,1H3,(H,28,29). The van der Waals surface area contributed by atoms with E-state index in [-0.39, 0.29) is 5.92 Å². The molecule has 1 amide bonds. The number of piperazine rings is 1. The fourth-order valence-electron chi connectivity index (χ4n) is 5.70. The molecule has 0 unspecified atom stereocenters. The van der Waals surface area contributed by atoms with Crippen LogP contribution in [0, 0.1) is 5.92 Å². The summed E-state index contributed by atoms with van der Waals surface area (Å²) in [6, 6.07) is 6.57. The molecular weight excluding hydrogens is 412 g/mol. The highest BCUT2D eigenvalue weighted by Gasteiger charge is 2.31. The number of nitrogens with zero attached hydrogens (tertiary/aromatic N) is 4. The van der Waals surface area contributed by atoms with Gasteiger partial charge < -0.3 is 15.2 Å². The minimum Gasteiger partial charge on any atom is -0.346 e. The molecule has 0 atom stereocenters. The van der Waals surface area contributed by atoms with Gasteiger partial charge in [0.05, 0.1) is 6.20 Å². The molecule has 0 spiro atoms. The van der Waals surface area contributed by atoms with Crippen molar-refractivity contribution in [3.05, 3.63) is 48.5 Å². The number of aromatic amines is 1. The smallest absolute Gasteiger partial charge is 0.225 e. The van der Waals surface area contributed by atoms with Gasteiger partial charge in [-0.3, -0.25) is 9.48 Å². The monoisotopic (exact) mass is 442 g/mol. The number of benzene rings is 1. The van der Waals surface area contributed by atoms with Crippen LogP contribution in [0.5, 0.6) is 0 Å². The number of aryl methyl sites for hydroxylation is 1. The van der Waals surface area contributed by atoms with Gasteiger partial charge in [0.2, 0.25) is 5.91 Å². The van der Waals surface area contributed by atoms with Crippen molar-refractivity contribution in [1.29, 1.82) is 0 Å². The van der Waals surface area contributed by atoms with E-state index in [9.17, 15) is 4.79 Å². The molecule has 0 bridgehead atoms. The second-order valence-electron chi connectivity index (χ2n) is 9.55. The van der Waals surface area contributed by atoms with Gasteiger partial charge in [-0.15, -0.1) is 0 Å². The third-order valence-electron chi connectivity index (χ3n) is 7.53. The van der Waals surface area contributed by atoms with Gasteiger partial charge in [-0.05, 0) is 54.2 Å². The van der Waals surface area contributed by atoms with Crippen LogP contribution in [0.2, 0.25) is 0 Å². The van der Waals surface area contributed by atoms with Crippen LogP contribution in [0.4, 0.5) is 0 Å². The Kier molecular flexibility index (Phi) is 5.14. The Morgan fingerprint density at radius 2 is 1.88 bits per heavy atom. The average molecular weight is 443 g/mol. The van der Waals surface area contributed by atoms with Crippen LogP contribution in [0.25, 0.3) is 32.9 Å². The van der Waals surface area contributed by atoms with Gasteiger partial charge in [-0.25, -0.2) is 4.98 Å². The van der Waals surface area contributed by atoms with Crippen LogP contribution in [0.3, 0.4) is 0 Å². The first kappa shape index (κ1) is 20.4. The second-order valence-corrected chi connectivity index (χ2v) is 9.55. The van der Waals surface area contributed by atoms with Crippen molar-refractivity contribution < 1.29 is 4.79 Å². The van der Waals surface area contributed by atoms with Crippen molar-refractivity contribution >= 4 is 27.7 Å². The molecule has 170 valence electrons. The van der Waals surface area contributed by atoms with E-state index in [1.54, 1.807) is 0 Å². The van der Waals surface area contributed by atoms with Crippen LogP contribution in [-0.4, -0.2) is 56.7 Å². The summed E-state index contributed by atoms with van der Waals surface area (Å²) in [7, 11) is 1.94. The van der Waals surface area contributed by atoms with Crippen molar-refractivity contribution in [1.82, 2.24) is 30.0 Å². The van der Waals surface area contributed by atoms with E-state index >= 15 is 0 Å². The average Bonchev–Trinajstić information content (AvgIpc) is 3.50. The lowest BCUT2D eigenvalue weighted by atomic mass is 9.78. The third kappa shape index (κ3) is 3.70. The van der Waals surface area contributed by atoms with Gasteiger partial charge in [-0.2, -0.15) is 5.10 Å².